The van der Waals surface area contributed by atoms with E-state index >= 15 is 0 Å². The molecule has 1 atom stereocenters. The van der Waals surface area contributed by atoms with Gasteiger partial charge >= 0.3 is 0 Å². The molecule has 0 bridgehead atoms. The highest BCUT2D eigenvalue weighted by Crippen LogP contribution is 2.15. The van der Waals surface area contributed by atoms with Crippen molar-refractivity contribution >= 4 is 5.91 Å². The van der Waals surface area contributed by atoms with Crippen LogP contribution in [0.15, 0.2) is 0 Å². The first-order valence-electron chi connectivity index (χ1n) is 8.29. The van der Waals surface area contributed by atoms with E-state index < -0.39 is 0 Å². The molecule has 112 valence electrons. The second-order valence-electron chi connectivity index (χ2n) is 5.78. The maximum absolute atomic E-state index is 12.6. The Labute approximate surface area is 119 Å². The van der Waals surface area contributed by atoms with Gasteiger partial charge in [0.15, 0.2) is 0 Å². The van der Waals surface area contributed by atoms with Crippen LogP contribution in [0.3, 0.4) is 0 Å². The van der Waals surface area contributed by atoms with Gasteiger partial charge in [-0.05, 0) is 32.2 Å². The predicted octanol–water partition coefficient (Wildman–Crippen LogP) is 3.20. The third kappa shape index (κ3) is 6.42. The molecule has 0 saturated carbocycles. The van der Waals surface area contributed by atoms with Crippen LogP contribution in [0.1, 0.15) is 65.2 Å². The third-order valence-electron chi connectivity index (χ3n) is 4.02. The molecule has 0 aromatic rings. The highest BCUT2D eigenvalue weighted by atomic mass is 16.2. The van der Waals surface area contributed by atoms with E-state index in [1.54, 1.807) is 0 Å². The lowest BCUT2D eigenvalue weighted by Crippen LogP contribution is -2.43. The van der Waals surface area contributed by atoms with Gasteiger partial charge in [-0.1, -0.05) is 39.5 Å². The Hall–Kier alpha value is -0.570. The van der Waals surface area contributed by atoms with Crippen LogP contribution in [0.2, 0.25) is 0 Å². The fourth-order valence-corrected chi connectivity index (χ4v) is 2.76. The normalized spacial score (nSPS) is 19.4. The molecule has 1 fully saturated rings. The summed E-state index contributed by atoms with van der Waals surface area (Å²) >= 11 is 0. The Balaban J connectivity index is 2.41. The molecule has 1 saturated heterocycles. The van der Waals surface area contributed by atoms with Crippen LogP contribution in [-0.2, 0) is 4.79 Å². The molecule has 1 N–H and O–H groups in total. The molecule has 0 radical (unpaired) electrons. The fourth-order valence-electron chi connectivity index (χ4n) is 2.76. The Morgan fingerprint density at radius 2 is 1.74 bits per heavy atom. The Morgan fingerprint density at radius 1 is 1.11 bits per heavy atom. The van der Waals surface area contributed by atoms with Crippen molar-refractivity contribution < 1.29 is 4.79 Å². The number of rotatable bonds is 9. The Bertz CT molecular complexity index is 227. The first-order valence-corrected chi connectivity index (χ1v) is 8.29. The molecule has 0 aromatic carbocycles. The zero-order valence-electron chi connectivity index (χ0n) is 12.9. The van der Waals surface area contributed by atoms with Crippen molar-refractivity contribution in [1.29, 1.82) is 0 Å². The van der Waals surface area contributed by atoms with Crippen molar-refractivity contribution in [1.82, 2.24) is 10.2 Å². The molecule has 1 heterocycles. The first kappa shape index (κ1) is 16.5. The summed E-state index contributed by atoms with van der Waals surface area (Å²) in [6.45, 7) is 8.33. The molecule has 1 aliphatic rings. The molecule has 3 heteroatoms. The van der Waals surface area contributed by atoms with Gasteiger partial charge in [-0.25, -0.2) is 0 Å². The van der Waals surface area contributed by atoms with E-state index in [1.165, 1.54) is 25.7 Å². The van der Waals surface area contributed by atoms with Gasteiger partial charge in [0.2, 0.25) is 5.91 Å². The van der Waals surface area contributed by atoms with Crippen LogP contribution in [0.25, 0.3) is 0 Å². The molecule has 0 aliphatic carbocycles. The summed E-state index contributed by atoms with van der Waals surface area (Å²) in [6, 6.07) is 0. The SMILES string of the molecule is CCCCCN(CCCCC)C(=O)[C@H]1CCCNC1. The van der Waals surface area contributed by atoms with Gasteiger partial charge in [-0.2, -0.15) is 0 Å². The van der Waals surface area contributed by atoms with Crippen LogP contribution in [0.5, 0.6) is 0 Å². The predicted molar refractivity (Wildman–Crippen MR) is 81.2 cm³/mol. The summed E-state index contributed by atoms with van der Waals surface area (Å²) in [5.74, 6) is 0.636. The molecule has 1 aliphatic heterocycles. The summed E-state index contributed by atoms with van der Waals surface area (Å²) in [4.78, 5) is 14.7. The van der Waals surface area contributed by atoms with Crippen LogP contribution < -0.4 is 5.32 Å². The van der Waals surface area contributed by atoms with Crippen LogP contribution >= 0.6 is 0 Å². The Morgan fingerprint density at radius 3 is 2.21 bits per heavy atom. The van der Waals surface area contributed by atoms with Gasteiger partial charge in [0.1, 0.15) is 0 Å². The lowest BCUT2D eigenvalue weighted by atomic mass is 9.97. The Kier molecular flexibility index (Phi) is 8.89. The zero-order valence-corrected chi connectivity index (χ0v) is 12.9. The second-order valence-corrected chi connectivity index (χ2v) is 5.78. The van der Waals surface area contributed by atoms with Crippen molar-refractivity contribution in [2.24, 2.45) is 5.92 Å². The molecule has 0 unspecified atom stereocenters. The molecule has 1 amide bonds. The third-order valence-corrected chi connectivity index (χ3v) is 4.02. The highest BCUT2D eigenvalue weighted by Gasteiger charge is 2.25. The number of carbonyl (C=O) groups is 1. The highest BCUT2D eigenvalue weighted by molar-refractivity contribution is 5.79. The summed E-state index contributed by atoms with van der Waals surface area (Å²) in [5, 5.41) is 3.36. The van der Waals surface area contributed by atoms with Gasteiger partial charge in [0, 0.05) is 19.6 Å². The van der Waals surface area contributed by atoms with Gasteiger partial charge in [0.25, 0.3) is 0 Å². The number of carbonyl (C=O) groups excluding carboxylic acids is 1. The minimum Gasteiger partial charge on any atom is -0.342 e. The van der Waals surface area contributed by atoms with E-state index in [9.17, 15) is 4.79 Å². The van der Waals surface area contributed by atoms with Crippen molar-refractivity contribution in [3.8, 4) is 0 Å². The van der Waals surface area contributed by atoms with E-state index in [1.807, 2.05) is 0 Å². The van der Waals surface area contributed by atoms with Crippen LogP contribution in [0.4, 0.5) is 0 Å². The van der Waals surface area contributed by atoms with Crippen LogP contribution in [0, 0.1) is 5.92 Å². The topological polar surface area (TPSA) is 32.3 Å². The average Bonchev–Trinajstić information content (AvgIpc) is 2.46. The first-order chi connectivity index (χ1) is 9.29. The van der Waals surface area contributed by atoms with Gasteiger partial charge in [-0.15, -0.1) is 0 Å². The molecular formula is C16H32N2O. The number of unbranched alkanes of at least 4 members (excludes halogenated alkanes) is 4. The molecular weight excluding hydrogens is 236 g/mol. The number of hydrogen-bond donors (Lipinski definition) is 1. The van der Waals surface area contributed by atoms with Crippen molar-refractivity contribution in [3.05, 3.63) is 0 Å². The fraction of sp³-hybridized carbons (Fsp3) is 0.938. The quantitative estimate of drug-likeness (QED) is 0.651. The number of nitrogens with one attached hydrogen (secondary N) is 1. The maximum Gasteiger partial charge on any atom is 0.226 e. The molecule has 1 rings (SSSR count). The van der Waals surface area contributed by atoms with E-state index in [2.05, 4.69) is 24.1 Å². The molecule has 0 aromatic heterocycles. The lowest BCUT2D eigenvalue weighted by molar-refractivity contribution is -0.136. The van der Waals surface area contributed by atoms with E-state index in [0.29, 0.717) is 5.91 Å². The maximum atomic E-state index is 12.6. The van der Waals surface area contributed by atoms with Gasteiger partial charge < -0.3 is 10.2 Å². The zero-order chi connectivity index (χ0) is 13.9. The minimum atomic E-state index is 0.233. The van der Waals surface area contributed by atoms with Gasteiger partial charge in [-0.3, -0.25) is 4.79 Å². The van der Waals surface area contributed by atoms with Crippen LogP contribution in [-0.4, -0.2) is 37.0 Å². The number of hydrogen-bond acceptors (Lipinski definition) is 2. The second kappa shape index (κ2) is 10.2. The number of amides is 1. The van der Waals surface area contributed by atoms with Crippen molar-refractivity contribution in [2.75, 3.05) is 26.2 Å². The van der Waals surface area contributed by atoms with Crippen molar-refractivity contribution in [3.63, 3.8) is 0 Å². The van der Waals surface area contributed by atoms with E-state index in [4.69, 9.17) is 0 Å². The van der Waals surface area contributed by atoms with E-state index in [0.717, 1.165) is 51.9 Å². The summed E-state index contributed by atoms with van der Waals surface area (Å²) in [5.41, 5.74) is 0. The molecule has 3 nitrogen and oxygen atoms in total. The smallest absolute Gasteiger partial charge is 0.226 e. The lowest BCUT2D eigenvalue weighted by Gasteiger charge is -2.30. The van der Waals surface area contributed by atoms with E-state index in [-0.39, 0.29) is 5.92 Å². The molecule has 0 spiro atoms. The van der Waals surface area contributed by atoms with Crippen molar-refractivity contribution in [2.45, 2.75) is 65.2 Å². The standard InChI is InChI=1S/C16H32N2O/c1-3-5-7-12-18(13-8-6-4-2)16(19)15-10-9-11-17-14-15/h15,17H,3-14H2,1-2H3/t15-/m0/s1. The number of nitrogens with zero attached hydrogens (tertiary/aromatic N) is 1. The average molecular weight is 268 g/mol. The summed E-state index contributed by atoms with van der Waals surface area (Å²) in [6.07, 6.45) is 9.46. The van der Waals surface area contributed by atoms with Gasteiger partial charge in [0.05, 0.1) is 5.92 Å². The monoisotopic (exact) mass is 268 g/mol. The summed E-state index contributed by atoms with van der Waals surface area (Å²) in [7, 11) is 0. The number of piperidine rings is 1. The largest absolute Gasteiger partial charge is 0.342 e. The molecule has 19 heavy (non-hydrogen) atoms. The summed E-state index contributed by atoms with van der Waals surface area (Å²) < 4.78 is 0. The minimum absolute atomic E-state index is 0.233.